The molecule has 0 radical (unpaired) electrons. The van der Waals surface area contributed by atoms with Gasteiger partial charge in [-0.05, 0) is 54.7 Å². The molecule has 1 aliphatic rings. The minimum Gasteiger partial charge on any atom is -0.506 e. The van der Waals surface area contributed by atoms with Crippen molar-refractivity contribution < 1.29 is 14.6 Å². The van der Waals surface area contributed by atoms with E-state index in [1.165, 1.54) is 5.56 Å². The fraction of sp³-hybridized carbons (Fsp3) is 0.278. The van der Waals surface area contributed by atoms with Crippen LogP contribution in [-0.4, -0.2) is 18.1 Å². The van der Waals surface area contributed by atoms with Crippen molar-refractivity contribution in [2.24, 2.45) is 0 Å². The van der Waals surface area contributed by atoms with Crippen LogP contribution in [0.3, 0.4) is 0 Å². The number of carbonyl (C=O) groups is 1. The lowest BCUT2D eigenvalue weighted by molar-refractivity contribution is 0.0930. The predicted molar refractivity (Wildman–Crippen MR) is 89.3 cm³/mol. The molecule has 0 saturated heterocycles. The summed E-state index contributed by atoms with van der Waals surface area (Å²) in [6.07, 6.45) is 2.83. The monoisotopic (exact) mass is 331 g/mol. The van der Waals surface area contributed by atoms with Crippen LogP contribution in [-0.2, 0) is 6.42 Å². The van der Waals surface area contributed by atoms with Crippen LogP contribution < -0.4 is 10.1 Å². The van der Waals surface area contributed by atoms with Crippen LogP contribution >= 0.6 is 11.6 Å². The van der Waals surface area contributed by atoms with Crippen molar-refractivity contribution >= 4 is 17.5 Å². The fourth-order valence-electron chi connectivity index (χ4n) is 3.00. The van der Waals surface area contributed by atoms with Gasteiger partial charge in [0.25, 0.3) is 5.91 Å². The number of phenolic OH excluding ortho intramolecular Hbond substituents is 1. The molecule has 23 heavy (non-hydrogen) atoms. The largest absolute Gasteiger partial charge is 0.506 e. The van der Waals surface area contributed by atoms with Crippen molar-refractivity contribution in [3.8, 4) is 11.5 Å². The number of phenols is 1. The number of fused-ring (bicyclic) bond motifs is 1. The average molecular weight is 332 g/mol. The summed E-state index contributed by atoms with van der Waals surface area (Å²) in [5, 5.41) is 13.1. The number of carbonyl (C=O) groups excluding carboxylic acids is 1. The molecule has 5 heteroatoms. The summed E-state index contributed by atoms with van der Waals surface area (Å²) in [6, 6.07) is 10.6. The Balaban J connectivity index is 1.84. The number of nitrogens with one attached hydrogen (secondary N) is 1. The van der Waals surface area contributed by atoms with Gasteiger partial charge < -0.3 is 15.2 Å². The van der Waals surface area contributed by atoms with Gasteiger partial charge in [0.15, 0.2) is 0 Å². The van der Waals surface area contributed by atoms with Gasteiger partial charge in [-0.25, -0.2) is 0 Å². The first kappa shape index (κ1) is 15.7. The molecule has 0 spiro atoms. The Hall–Kier alpha value is -2.20. The lowest BCUT2D eigenvalue weighted by Crippen LogP contribution is -2.31. The van der Waals surface area contributed by atoms with Crippen LogP contribution in [0, 0.1) is 0 Å². The highest BCUT2D eigenvalue weighted by Crippen LogP contribution is 2.33. The Labute approximate surface area is 140 Å². The van der Waals surface area contributed by atoms with Crippen LogP contribution in [0.25, 0.3) is 0 Å². The van der Waals surface area contributed by atoms with Gasteiger partial charge in [0.2, 0.25) is 0 Å². The number of aryl methyl sites for hydroxylation is 1. The highest BCUT2D eigenvalue weighted by Gasteiger charge is 2.24. The normalized spacial score (nSPS) is 16.5. The van der Waals surface area contributed by atoms with Crippen LogP contribution in [0.4, 0.5) is 0 Å². The Morgan fingerprint density at radius 2 is 2.17 bits per heavy atom. The summed E-state index contributed by atoms with van der Waals surface area (Å²) in [5.41, 5.74) is 2.49. The van der Waals surface area contributed by atoms with Gasteiger partial charge in [-0.3, -0.25) is 4.79 Å². The second-order valence-corrected chi connectivity index (χ2v) is 6.03. The van der Waals surface area contributed by atoms with Crippen molar-refractivity contribution in [1.29, 1.82) is 0 Å². The standard InChI is InChI=1S/C18H18ClNO3/c1-23-12-8-9-13-11(10-12)4-2-7-16(13)20-18(22)14-5-3-6-15(19)17(14)21/h3,5-6,8-10,16,21H,2,4,7H2,1H3,(H,20,22). The molecule has 2 aromatic carbocycles. The van der Waals surface area contributed by atoms with Crippen LogP contribution in [0.5, 0.6) is 11.5 Å². The molecular weight excluding hydrogens is 314 g/mol. The molecule has 2 aromatic rings. The maximum Gasteiger partial charge on any atom is 0.255 e. The van der Waals surface area contributed by atoms with E-state index in [0.717, 1.165) is 30.6 Å². The SMILES string of the molecule is COc1ccc2c(c1)CCCC2NC(=O)c1cccc(Cl)c1O. The fourth-order valence-corrected chi connectivity index (χ4v) is 3.18. The highest BCUT2D eigenvalue weighted by molar-refractivity contribution is 6.32. The number of halogens is 1. The quantitative estimate of drug-likeness (QED) is 0.897. The van der Waals surface area contributed by atoms with Crippen LogP contribution in [0.1, 0.15) is 40.4 Å². The van der Waals surface area contributed by atoms with Gasteiger partial charge in [-0.1, -0.05) is 23.7 Å². The van der Waals surface area contributed by atoms with Gasteiger partial charge in [0.05, 0.1) is 23.7 Å². The third kappa shape index (κ3) is 3.13. The molecule has 2 N–H and O–H groups in total. The van der Waals surface area contributed by atoms with E-state index in [-0.39, 0.29) is 28.3 Å². The van der Waals surface area contributed by atoms with E-state index in [9.17, 15) is 9.90 Å². The molecule has 4 nitrogen and oxygen atoms in total. The molecule has 0 bridgehead atoms. The first-order chi connectivity index (χ1) is 11.1. The van der Waals surface area contributed by atoms with E-state index < -0.39 is 0 Å². The van der Waals surface area contributed by atoms with Crippen LogP contribution in [0.15, 0.2) is 36.4 Å². The van der Waals surface area contributed by atoms with Crippen molar-refractivity contribution in [2.45, 2.75) is 25.3 Å². The summed E-state index contributed by atoms with van der Waals surface area (Å²) in [7, 11) is 1.64. The van der Waals surface area contributed by atoms with E-state index >= 15 is 0 Å². The maximum atomic E-state index is 12.5. The Bertz CT molecular complexity index is 745. The summed E-state index contributed by atoms with van der Waals surface area (Å²) in [4.78, 5) is 12.5. The zero-order chi connectivity index (χ0) is 16.4. The molecule has 0 aliphatic heterocycles. The molecule has 0 heterocycles. The third-order valence-electron chi connectivity index (χ3n) is 4.20. The summed E-state index contributed by atoms with van der Waals surface area (Å²) in [6.45, 7) is 0. The number of para-hydroxylation sites is 1. The van der Waals surface area contributed by atoms with E-state index in [1.54, 1.807) is 25.3 Å². The number of aromatic hydroxyl groups is 1. The molecule has 0 aromatic heterocycles. The van der Waals surface area contributed by atoms with E-state index in [2.05, 4.69) is 5.32 Å². The lowest BCUT2D eigenvalue weighted by atomic mass is 9.87. The number of benzene rings is 2. The van der Waals surface area contributed by atoms with Gasteiger partial charge in [-0.2, -0.15) is 0 Å². The Morgan fingerprint density at radius 3 is 2.96 bits per heavy atom. The predicted octanol–water partition coefficient (Wildman–Crippen LogP) is 3.86. The number of ether oxygens (including phenoxy) is 1. The van der Waals surface area contributed by atoms with Gasteiger partial charge in [-0.15, -0.1) is 0 Å². The Morgan fingerprint density at radius 1 is 1.35 bits per heavy atom. The molecule has 1 atom stereocenters. The number of hydrogen-bond donors (Lipinski definition) is 2. The van der Waals surface area contributed by atoms with Gasteiger partial charge >= 0.3 is 0 Å². The highest BCUT2D eigenvalue weighted by atomic mass is 35.5. The van der Waals surface area contributed by atoms with Gasteiger partial charge in [0, 0.05) is 0 Å². The molecule has 1 unspecified atom stereocenters. The number of amides is 1. The van der Waals surface area contributed by atoms with Crippen molar-refractivity contribution in [1.82, 2.24) is 5.32 Å². The first-order valence-corrected chi connectivity index (χ1v) is 7.93. The number of rotatable bonds is 3. The Kier molecular flexibility index (Phi) is 4.44. The summed E-state index contributed by atoms with van der Waals surface area (Å²) in [5.74, 6) is 0.319. The molecule has 1 aliphatic carbocycles. The minimum absolute atomic E-state index is 0.0736. The lowest BCUT2D eigenvalue weighted by Gasteiger charge is -2.27. The zero-order valence-electron chi connectivity index (χ0n) is 12.8. The smallest absolute Gasteiger partial charge is 0.255 e. The van der Waals surface area contributed by atoms with Crippen molar-refractivity contribution in [3.05, 3.63) is 58.1 Å². The van der Waals surface area contributed by atoms with E-state index in [4.69, 9.17) is 16.3 Å². The molecule has 1 amide bonds. The second kappa shape index (κ2) is 6.50. The summed E-state index contributed by atoms with van der Waals surface area (Å²) >= 11 is 5.87. The van der Waals surface area contributed by atoms with Crippen molar-refractivity contribution in [2.75, 3.05) is 7.11 Å². The van der Waals surface area contributed by atoms with Gasteiger partial charge in [0.1, 0.15) is 11.5 Å². The number of methoxy groups -OCH3 is 1. The van der Waals surface area contributed by atoms with E-state index in [0.29, 0.717) is 0 Å². The topological polar surface area (TPSA) is 58.6 Å². The second-order valence-electron chi connectivity index (χ2n) is 5.62. The molecule has 0 fully saturated rings. The minimum atomic E-state index is -0.321. The first-order valence-electron chi connectivity index (χ1n) is 7.55. The zero-order valence-corrected chi connectivity index (χ0v) is 13.6. The average Bonchev–Trinajstić information content (AvgIpc) is 2.57. The molecule has 3 rings (SSSR count). The summed E-state index contributed by atoms with van der Waals surface area (Å²) < 4.78 is 5.26. The number of hydrogen-bond acceptors (Lipinski definition) is 3. The third-order valence-corrected chi connectivity index (χ3v) is 4.51. The van der Waals surface area contributed by atoms with E-state index in [1.807, 2.05) is 18.2 Å². The maximum absolute atomic E-state index is 12.5. The van der Waals surface area contributed by atoms with Crippen molar-refractivity contribution in [3.63, 3.8) is 0 Å². The van der Waals surface area contributed by atoms with Crippen LogP contribution in [0.2, 0.25) is 5.02 Å². The molecular formula is C18H18ClNO3. The molecule has 0 saturated carbocycles. The molecule has 120 valence electrons.